The van der Waals surface area contributed by atoms with E-state index >= 15 is 0 Å². The van der Waals surface area contributed by atoms with Crippen LogP contribution in [-0.2, 0) is 7.05 Å². The van der Waals surface area contributed by atoms with Gasteiger partial charge in [0.25, 0.3) is 5.56 Å². The van der Waals surface area contributed by atoms with Crippen molar-refractivity contribution < 1.29 is 4.79 Å². The van der Waals surface area contributed by atoms with Crippen LogP contribution in [0.4, 0.5) is 10.5 Å². The van der Waals surface area contributed by atoms with Crippen molar-refractivity contribution in [3.05, 3.63) is 46.4 Å². The monoisotopic (exact) mass is 342 g/mol. The van der Waals surface area contributed by atoms with E-state index in [1.807, 2.05) is 44.3 Å². The second-order valence-corrected chi connectivity index (χ2v) is 6.90. The second kappa shape index (κ2) is 7.17. The zero-order valence-electron chi connectivity index (χ0n) is 15.1. The molecule has 1 aliphatic carbocycles. The third-order valence-electron chi connectivity index (χ3n) is 5.22. The number of amides is 2. The standard InChI is InChI=1S/C19H26N4O2/c1-13-9-7-8-12-16(13)20-19(25)21-17-14(2)22(3)23(18(17)24)15-10-5-4-6-11-15/h4-6,10-11,13,16H,7-9,12H2,1-3H3,(H2,20,21,25)/t13-,16-/m0/s1. The van der Waals surface area contributed by atoms with Crippen LogP contribution in [0.25, 0.3) is 5.69 Å². The Morgan fingerprint density at radius 2 is 1.84 bits per heavy atom. The van der Waals surface area contributed by atoms with Crippen LogP contribution in [0.1, 0.15) is 38.3 Å². The zero-order chi connectivity index (χ0) is 18.0. The average molecular weight is 342 g/mol. The van der Waals surface area contributed by atoms with Gasteiger partial charge in [-0.1, -0.05) is 38.0 Å². The van der Waals surface area contributed by atoms with Gasteiger partial charge in [-0.15, -0.1) is 0 Å². The molecule has 1 aromatic carbocycles. The molecule has 1 fully saturated rings. The first-order chi connectivity index (χ1) is 12.0. The number of benzene rings is 1. The lowest BCUT2D eigenvalue weighted by molar-refractivity contribution is 0.232. The number of rotatable bonds is 3. The number of aromatic nitrogens is 2. The molecule has 2 atom stereocenters. The summed E-state index contributed by atoms with van der Waals surface area (Å²) in [6.07, 6.45) is 4.49. The summed E-state index contributed by atoms with van der Waals surface area (Å²) in [5.74, 6) is 0.470. The largest absolute Gasteiger partial charge is 0.335 e. The molecule has 2 N–H and O–H groups in total. The van der Waals surface area contributed by atoms with Crippen LogP contribution < -0.4 is 16.2 Å². The van der Waals surface area contributed by atoms with Gasteiger partial charge < -0.3 is 10.6 Å². The lowest BCUT2D eigenvalue weighted by Gasteiger charge is -2.29. The van der Waals surface area contributed by atoms with Crippen molar-refractivity contribution in [1.29, 1.82) is 0 Å². The molecule has 1 aliphatic rings. The normalized spacial score (nSPS) is 20.3. The number of hydrogen-bond donors (Lipinski definition) is 2. The molecule has 134 valence electrons. The molecule has 3 rings (SSSR count). The highest BCUT2D eigenvalue weighted by Gasteiger charge is 2.24. The maximum absolute atomic E-state index is 12.8. The van der Waals surface area contributed by atoms with Gasteiger partial charge in [-0.3, -0.25) is 9.48 Å². The van der Waals surface area contributed by atoms with Gasteiger partial charge in [0, 0.05) is 13.1 Å². The van der Waals surface area contributed by atoms with Gasteiger partial charge in [0.05, 0.1) is 11.4 Å². The summed E-state index contributed by atoms with van der Waals surface area (Å²) in [4.78, 5) is 25.2. The van der Waals surface area contributed by atoms with Crippen LogP contribution >= 0.6 is 0 Å². The van der Waals surface area contributed by atoms with Crippen molar-refractivity contribution in [2.45, 2.75) is 45.6 Å². The molecule has 1 heterocycles. The molecule has 1 saturated carbocycles. The fourth-order valence-corrected chi connectivity index (χ4v) is 3.56. The fourth-order valence-electron chi connectivity index (χ4n) is 3.56. The Labute approximate surface area is 147 Å². The molecule has 0 radical (unpaired) electrons. The van der Waals surface area contributed by atoms with Gasteiger partial charge in [-0.25, -0.2) is 9.48 Å². The Hall–Kier alpha value is -2.50. The molecule has 0 saturated heterocycles. The summed E-state index contributed by atoms with van der Waals surface area (Å²) >= 11 is 0. The van der Waals surface area contributed by atoms with E-state index in [0.717, 1.165) is 30.6 Å². The van der Waals surface area contributed by atoms with E-state index in [9.17, 15) is 9.59 Å². The molecule has 1 aromatic heterocycles. The summed E-state index contributed by atoms with van der Waals surface area (Å²) < 4.78 is 3.32. The Morgan fingerprint density at radius 1 is 1.16 bits per heavy atom. The fraction of sp³-hybridized carbons (Fsp3) is 0.474. The minimum atomic E-state index is -0.301. The van der Waals surface area contributed by atoms with Crippen LogP contribution in [0.3, 0.4) is 0 Å². The smallest absolute Gasteiger partial charge is 0.319 e. The molecule has 2 amide bonds. The van der Waals surface area contributed by atoms with E-state index in [4.69, 9.17) is 0 Å². The minimum absolute atomic E-state index is 0.175. The highest BCUT2D eigenvalue weighted by molar-refractivity contribution is 5.90. The molecule has 0 aliphatic heterocycles. The Kier molecular flexibility index (Phi) is 4.97. The van der Waals surface area contributed by atoms with Crippen LogP contribution in [0.5, 0.6) is 0 Å². The first kappa shape index (κ1) is 17.3. The van der Waals surface area contributed by atoms with Gasteiger partial charge in [-0.05, 0) is 37.8 Å². The first-order valence-electron chi connectivity index (χ1n) is 8.90. The van der Waals surface area contributed by atoms with E-state index in [2.05, 4.69) is 17.6 Å². The van der Waals surface area contributed by atoms with Crippen LogP contribution in [0.2, 0.25) is 0 Å². The number of carbonyl (C=O) groups is 1. The average Bonchev–Trinajstić information content (AvgIpc) is 2.81. The number of nitrogens with one attached hydrogen (secondary N) is 2. The van der Waals surface area contributed by atoms with Gasteiger partial charge >= 0.3 is 6.03 Å². The molecule has 6 nitrogen and oxygen atoms in total. The van der Waals surface area contributed by atoms with Crippen molar-refractivity contribution in [2.24, 2.45) is 13.0 Å². The SMILES string of the molecule is Cc1c(NC(=O)N[C@H]2CCCC[C@@H]2C)c(=O)n(-c2ccccc2)n1C. The summed E-state index contributed by atoms with van der Waals surface area (Å²) in [6, 6.07) is 9.28. The summed E-state index contributed by atoms with van der Waals surface area (Å²) in [5, 5.41) is 5.81. The number of nitrogens with zero attached hydrogens (tertiary/aromatic N) is 2. The molecular weight excluding hydrogens is 316 g/mol. The maximum Gasteiger partial charge on any atom is 0.319 e. The third kappa shape index (κ3) is 3.48. The van der Waals surface area contributed by atoms with Crippen molar-refractivity contribution in [2.75, 3.05) is 5.32 Å². The van der Waals surface area contributed by atoms with Crippen LogP contribution in [0.15, 0.2) is 35.1 Å². The highest BCUT2D eigenvalue weighted by atomic mass is 16.2. The number of para-hydroxylation sites is 1. The lowest BCUT2D eigenvalue weighted by atomic mass is 9.86. The maximum atomic E-state index is 12.8. The predicted molar refractivity (Wildman–Crippen MR) is 99.3 cm³/mol. The van der Waals surface area contributed by atoms with Crippen LogP contribution in [-0.4, -0.2) is 21.4 Å². The summed E-state index contributed by atoms with van der Waals surface area (Å²) in [6.45, 7) is 4.00. The Morgan fingerprint density at radius 3 is 2.52 bits per heavy atom. The summed E-state index contributed by atoms with van der Waals surface area (Å²) in [7, 11) is 1.82. The second-order valence-electron chi connectivity index (χ2n) is 6.90. The predicted octanol–water partition coefficient (Wildman–Crippen LogP) is 3.18. The van der Waals surface area contributed by atoms with E-state index in [-0.39, 0.29) is 17.6 Å². The van der Waals surface area contributed by atoms with Crippen molar-refractivity contribution in [3.8, 4) is 5.69 Å². The molecule has 25 heavy (non-hydrogen) atoms. The Balaban J connectivity index is 1.81. The lowest BCUT2D eigenvalue weighted by Crippen LogP contribution is -2.43. The number of anilines is 1. The molecule has 0 spiro atoms. The molecule has 0 bridgehead atoms. The van der Waals surface area contributed by atoms with E-state index in [1.165, 1.54) is 6.42 Å². The highest BCUT2D eigenvalue weighted by Crippen LogP contribution is 2.23. The molecule has 0 unspecified atom stereocenters. The van der Waals surface area contributed by atoms with E-state index in [0.29, 0.717) is 11.6 Å². The van der Waals surface area contributed by atoms with Gasteiger partial charge in [0.2, 0.25) is 0 Å². The number of urea groups is 1. The first-order valence-corrected chi connectivity index (χ1v) is 8.90. The third-order valence-corrected chi connectivity index (χ3v) is 5.22. The number of carbonyl (C=O) groups excluding carboxylic acids is 1. The zero-order valence-corrected chi connectivity index (χ0v) is 15.1. The number of hydrogen-bond acceptors (Lipinski definition) is 2. The van der Waals surface area contributed by atoms with Crippen molar-refractivity contribution >= 4 is 11.7 Å². The van der Waals surface area contributed by atoms with Crippen molar-refractivity contribution in [1.82, 2.24) is 14.7 Å². The van der Waals surface area contributed by atoms with Gasteiger partial charge in [0.15, 0.2) is 0 Å². The molecule has 2 aromatic rings. The van der Waals surface area contributed by atoms with Gasteiger partial charge in [-0.2, -0.15) is 0 Å². The summed E-state index contributed by atoms with van der Waals surface area (Å²) in [5.41, 5.74) is 1.60. The topological polar surface area (TPSA) is 68.1 Å². The van der Waals surface area contributed by atoms with Crippen LogP contribution in [0, 0.1) is 12.8 Å². The molecular formula is C19H26N4O2. The van der Waals surface area contributed by atoms with E-state index < -0.39 is 0 Å². The van der Waals surface area contributed by atoms with E-state index in [1.54, 1.807) is 9.36 Å². The van der Waals surface area contributed by atoms with Gasteiger partial charge in [0.1, 0.15) is 5.69 Å². The quantitative estimate of drug-likeness (QED) is 0.899. The van der Waals surface area contributed by atoms with Crippen molar-refractivity contribution in [3.63, 3.8) is 0 Å². The Bertz CT molecular complexity index is 807. The minimum Gasteiger partial charge on any atom is -0.335 e. The molecule has 6 heteroatoms.